The maximum atomic E-state index is 12.5. The summed E-state index contributed by atoms with van der Waals surface area (Å²) in [7, 11) is 0.268. The number of carbonyl (C=O) groups excluding carboxylic acids is 1. The largest absolute Gasteiger partial charge is 0.385 e. The number of hydrogen-bond donors (Lipinski definition) is 1. The smallest absolute Gasteiger partial charge is 0.272 e. The van der Waals surface area contributed by atoms with E-state index in [1.165, 1.54) is 4.90 Å². The number of aromatic nitrogens is 1. The molecule has 7 nitrogen and oxygen atoms in total. The van der Waals surface area contributed by atoms with Crippen LogP contribution in [0.3, 0.4) is 0 Å². The minimum Gasteiger partial charge on any atom is -0.385 e. The van der Waals surface area contributed by atoms with Crippen molar-refractivity contribution in [2.24, 2.45) is 0 Å². The molecule has 128 valence electrons. The molecule has 1 aliphatic heterocycles. The van der Waals surface area contributed by atoms with Crippen LogP contribution in [0.4, 0.5) is 5.69 Å². The molecule has 1 aromatic heterocycles. The maximum Gasteiger partial charge on any atom is 0.272 e. The molecular formula is C15H23N3O4S. The van der Waals surface area contributed by atoms with Crippen LogP contribution in [-0.2, 0) is 14.6 Å². The first-order chi connectivity index (χ1) is 10.9. The van der Waals surface area contributed by atoms with E-state index < -0.39 is 9.84 Å². The number of anilines is 1. The van der Waals surface area contributed by atoms with Crippen molar-refractivity contribution < 1.29 is 17.9 Å². The van der Waals surface area contributed by atoms with E-state index in [0.29, 0.717) is 18.7 Å². The van der Waals surface area contributed by atoms with Crippen molar-refractivity contribution in [3.8, 4) is 0 Å². The minimum atomic E-state index is -3.02. The highest BCUT2D eigenvalue weighted by molar-refractivity contribution is 7.91. The second-order valence-corrected chi connectivity index (χ2v) is 7.90. The van der Waals surface area contributed by atoms with Crippen LogP contribution in [0.2, 0.25) is 0 Å². The molecule has 1 fully saturated rings. The van der Waals surface area contributed by atoms with Gasteiger partial charge in [-0.2, -0.15) is 0 Å². The zero-order chi connectivity index (χ0) is 16.9. The van der Waals surface area contributed by atoms with Crippen LogP contribution in [0, 0.1) is 0 Å². The number of hydrogen-bond acceptors (Lipinski definition) is 6. The molecule has 2 rings (SSSR count). The lowest BCUT2D eigenvalue weighted by Crippen LogP contribution is -2.38. The minimum absolute atomic E-state index is 0.0319. The molecule has 0 aromatic carbocycles. The summed E-state index contributed by atoms with van der Waals surface area (Å²) in [5.74, 6) is -0.0822. The van der Waals surface area contributed by atoms with Gasteiger partial charge < -0.3 is 15.0 Å². The third-order valence-electron chi connectivity index (χ3n) is 3.91. The zero-order valence-corrected chi connectivity index (χ0v) is 14.3. The van der Waals surface area contributed by atoms with Gasteiger partial charge >= 0.3 is 0 Å². The highest BCUT2D eigenvalue weighted by Crippen LogP contribution is 2.19. The van der Waals surface area contributed by atoms with Gasteiger partial charge in [0.2, 0.25) is 0 Å². The first-order valence-corrected chi connectivity index (χ1v) is 9.41. The van der Waals surface area contributed by atoms with E-state index in [0.717, 1.165) is 18.7 Å². The number of nitrogens with one attached hydrogen (secondary N) is 1. The van der Waals surface area contributed by atoms with E-state index in [1.54, 1.807) is 32.5 Å². The van der Waals surface area contributed by atoms with E-state index in [1.807, 2.05) is 0 Å². The molecule has 1 amide bonds. The van der Waals surface area contributed by atoms with Crippen LogP contribution in [-0.4, -0.2) is 69.1 Å². The van der Waals surface area contributed by atoms with Crippen LogP contribution >= 0.6 is 0 Å². The van der Waals surface area contributed by atoms with Crippen molar-refractivity contribution in [3.63, 3.8) is 0 Å². The van der Waals surface area contributed by atoms with Crippen molar-refractivity contribution in [1.29, 1.82) is 0 Å². The topological polar surface area (TPSA) is 88.6 Å². The third kappa shape index (κ3) is 4.90. The summed E-state index contributed by atoms with van der Waals surface area (Å²) in [6, 6.07) is 3.21. The highest BCUT2D eigenvalue weighted by Gasteiger charge is 2.33. The summed E-state index contributed by atoms with van der Waals surface area (Å²) in [5.41, 5.74) is 1.13. The van der Waals surface area contributed by atoms with Gasteiger partial charge in [0.15, 0.2) is 9.84 Å². The lowest BCUT2D eigenvalue weighted by Gasteiger charge is -2.23. The molecule has 0 aliphatic carbocycles. The van der Waals surface area contributed by atoms with Crippen LogP contribution in [0.1, 0.15) is 23.3 Å². The Labute approximate surface area is 137 Å². The fraction of sp³-hybridized carbons (Fsp3) is 0.600. The Kier molecular flexibility index (Phi) is 5.95. The fourth-order valence-electron chi connectivity index (χ4n) is 2.53. The Morgan fingerprint density at radius 1 is 1.52 bits per heavy atom. The Bertz CT molecular complexity index is 648. The predicted molar refractivity (Wildman–Crippen MR) is 88.4 cm³/mol. The number of ether oxygens (including phenoxy) is 1. The molecule has 0 spiro atoms. The number of nitrogens with zero attached hydrogens (tertiary/aromatic N) is 2. The van der Waals surface area contributed by atoms with Crippen molar-refractivity contribution in [1.82, 2.24) is 9.88 Å². The van der Waals surface area contributed by atoms with Crippen LogP contribution in [0.25, 0.3) is 0 Å². The molecule has 0 bridgehead atoms. The second-order valence-electron chi connectivity index (χ2n) is 5.68. The number of sulfone groups is 1. The van der Waals surface area contributed by atoms with Crippen molar-refractivity contribution in [2.45, 2.75) is 18.9 Å². The van der Waals surface area contributed by atoms with Gasteiger partial charge in [-0.3, -0.25) is 9.78 Å². The van der Waals surface area contributed by atoms with Gasteiger partial charge in [-0.15, -0.1) is 0 Å². The predicted octanol–water partition coefficient (Wildman–Crippen LogP) is 0.789. The Morgan fingerprint density at radius 3 is 2.96 bits per heavy atom. The maximum absolute atomic E-state index is 12.5. The lowest BCUT2D eigenvalue weighted by atomic mass is 10.2. The van der Waals surface area contributed by atoms with Gasteiger partial charge in [0.1, 0.15) is 5.69 Å². The molecule has 8 heteroatoms. The average molecular weight is 341 g/mol. The van der Waals surface area contributed by atoms with Gasteiger partial charge in [0.05, 0.1) is 11.5 Å². The Hall–Kier alpha value is -1.67. The van der Waals surface area contributed by atoms with Crippen molar-refractivity contribution in [2.75, 3.05) is 44.1 Å². The van der Waals surface area contributed by atoms with E-state index in [9.17, 15) is 13.2 Å². The number of rotatable bonds is 7. The summed E-state index contributed by atoms with van der Waals surface area (Å²) in [6.07, 6.45) is 2.92. The van der Waals surface area contributed by atoms with Gasteiger partial charge in [0, 0.05) is 45.2 Å². The highest BCUT2D eigenvalue weighted by atomic mass is 32.2. The fourth-order valence-corrected chi connectivity index (χ4v) is 4.31. The number of amides is 1. The second kappa shape index (κ2) is 7.74. The first-order valence-electron chi connectivity index (χ1n) is 7.59. The molecule has 0 saturated carbocycles. The van der Waals surface area contributed by atoms with Gasteiger partial charge in [-0.25, -0.2) is 8.42 Å². The van der Waals surface area contributed by atoms with Crippen LogP contribution in [0.15, 0.2) is 18.3 Å². The molecular weight excluding hydrogens is 318 g/mol. The molecule has 2 heterocycles. The van der Waals surface area contributed by atoms with Crippen LogP contribution < -0.4 is 5.32 Å². The number of pyridine rings is 1. The summed E-state index contributed by atoms with van der Waals surface area (Å²) in [6.45, 7) is 1.41. The van der Waals surface area contributed by atoms with Crippen molar-refractivity contribution >= 4 is 21.4 Å². The zero-order valence-electron chi connectivity index (χ0n) is 13.5. The normalized spacial score (nSPS) is 19.5. The Balaban J connectivity index is 1.99. The van der Waals surface area contributed by atoms with Crippen molar-refractivity contribution in [3.05, 3.63) is 24.0 Å². The standard InChI is InChI=1S/C15H23N3O4S/c1-18(13-5-9-23(20,21)11-13)15(19)14-10-12(4-7-17-14)16-6-3-8-22-2/h4,7,10,13H,3,5-6,8-9,11H2,1-2H3,(H,16,17). The van der Waals surface area contributed by atoms with E-state index in [4.69, 9.17) is 4.74 Å². The van der Waals surface area contributed by atoms with Gasteiger partial charge in [-0.1, -0.05) is 0 Å². The summed E-state index contributed by atoms with van der Waals surface area (Å²) in [5, 5.41) is 3.21. The first kappa shape index (κ1) is 17.7. The van der Waals surface area contributed by atoms with E-state index in [2.05, 4.69) is 10.3 Å². The number of carbonyl (C=O) groups is 1. The molecule has 1 atom stereocenters. The van der Waals surface area contributed by atoms with E-state index >= 15 is 0 Å². The summed E-state index contributed by atoms with van der Waals surface area (Å²) < 4.78 is 28.1. The molecule has 1 saturated heterocycles. The summed E-state index contributed by atoms with van der Waals surface area (Å²) >= 11 is 0. The SMILES string of the molecule is COCCCNc1ccnc(C(=O)N(C)C2CCS(=O)(=O)C2)c1. The Morgan fingerprint density at radius 2 is 2.30 bits per heavy atom. The third-order valence-corrected chi connectivity index (χ3v) is 5.66. The number of methoxy groups -OCH3 is 1. The van der Waals surface area contributed by atoms with E-state index in [-0.39, 0.29) is 23.5 Å². The van der Waals surface area contributed by atoms with Gasteiger partial charge in [0.25, 0.3) is 5.91 Å². The quantitative estimate of drug-likeness (QED) is 0.738. The monoisotopic (exact) mass is 341 g/mol. The summed E-state index contributed by atoms with van der Waals surface area (Å²) in [4.78, 5) is 18.1. The van der Waals surface area contributed by atoms with Crippen LogP contribution in [0.5, 0.6) is 0 Å². The molecule has 23 heavy (non-hydrogen) atoms. The van der Waals surface area contributed by atoms with Gasteiger partial charge in [-0.05, 0) is 25.0 Å². The molecule has 1 aromatic rings. The molecule has 1 aliphatic rings. The molecule has 1 unspecified atom stereocenters. The average Bonchev–Trinajstić information content (AvgIpc) is 2.90. The lowest BCUT2D eigenvalue weighted by molar-refractivity contribution is 0.0742. The molecule has 0 radical (unpaired) electrons. The molecule has 1 N–H and O–H groups in total.